The topological polar surface area (TPSA) is 28.2 Å². The normalized spacial score (nSPS) is 16.6. The molecule has 116 valence electrons. The zero-order valence-electron chi connectivity index (χ0n) is 12.3. The Morgan fingerprint density at radius 3 is 2.59 bits per heavy atom. The first-order valence-corrected chi connectivity index (χ1v) is 8.32. The summed E-state index contributed by atoms with van der Waals surface area (Å²) in [6.45, 7) is 3.00. The summed E-state index contributed by atoms with van der Waals surface area (Å²) in [6, 6.07) is 9.34. The van der Waals surface area contributed by atoms with Crippen LogP contribution in [-0.2, 0) is 6.54 Å². The van der Waals surface area contributed by atoms with Gasteiger partial charge in [-0.25, -0.2) is 4.39 Å². The SMILES string of the molecule is Fc1ccc(CN2CCC(Nc3cncc(Br)c3)CC2)cc1. The molecule has 0 unspecified atom stereocenters. The number of hydrogen-bond acceptors (Lipinski definition) is 3. The first-order valence-electron chi connectivity index (χ1n) is 7.53. The lowest BCUT2D eigenvalue weighted by molar-refractivity contribution is 0.211. The Hall–Kier alpha value is -1.46. The van der Waals surface area contributed by atoms with E-state index in [-0.39, 0.29) is 5.82 Å². The quantitative estimate of drug-likeness (QED) is 0.887. The van der Waals surface area contributed by atoms with Gasteiger partial charge < -0.3 is 5.32 Å². The number of likely N-dealkylation sites (tertiary alicyclic amines) is 1. The number of piperidine rings is 1. The third kappa shape index (κ3) is 4.27. The molecule has 0 amide bonds. The van der Waals surface area contributed by atoms with Crippen molar-refractivity contribution in [1.29, 1.82) is 0 Å². The fraction of sp³-hybridized carbons (Fsp3) is 0.353. The highest BCUT2D eigenvalue weighted by Crippen LogP contribution is 2.20. The molecule has 22 heavy (non-hydrogen) atoms. The molecule has 3 rings (SSSR count). The van der Waals surface area contributed by atoms with E-state index in [4.69, 9.17) is 0 Å². The Morgan fingerprint density at radius 2 is 1.91 bits per heavy atom. The van der Waals surface area contributed by atoms with Crippen LogP contribution in [0.5, 0.6) is 0 Å². The Kier molecular flexibility index (Phi) is 5.05. The molecule has 0 spiro atoms. The van der Waals surface area contributed by atoms with E-state index in [1.807, 2.05) is 18.3 Å². The summed E-state index contributed by atoms with van der Waals surface area (Å²) in [5.74, 6) is -0.172. The van der Waals surface area contributed by atoms with Gasteiger partial charge >= 0.3 is 0 Å². The summed E-state index contributed by atoms with van der Waals surface area (Å²) < 4.78 is 13.9. The average Bonchev–Trinajstić information content (AvgIpc) is 2.52. The van der Waals surface area contributed by atoms with E-state index in [1.165, 1.54) is 17.7 Å². The molecular weight excluding hydrogens is 345 g/mol. The minimum atomic E-state index is -0.172. The number of anilines is 1. The largest absolute Gasteiger partial charge is 0.381 e. The number of hydrogen-bond donors (Lipinski definition) is 1. The first-order chi connectivity index (χ1) is 10.7. The molecule has 0 saturated carbocycles. The Labute approximate surface area is 138 Å². The minimum absolute atomic E-state index is 0.172. The van der Waals surface area contributed by atoms with Gasteiger partial charge in [0.2, 0.25) is 0 Å². The number of pyridine rings is 1. The van der Waals surface area contributed by atoms with Crippen molar-refractivity contribution < 1.29 is 4.39 Å². The zero-order valence-corrected chi connectivity index (χ0v) is 13.9. The van der Waals surface area contributed by atoms with Crippen LogP contribution in [0.15, 0.2) is 47.2 Å². The van der Waals surface area contributed by atoms with Crippen LogP contribution in [0.3, 0.4) is 0 Å². The van der Waals surface area contributed by atoms with Gasteiger partial charge in [0.1, 0.15) is 5.82 Å². The van der Waals surface area contributed by atoms with E-state index in [0.29, 0.717) is 6.04 Å². The third-order valence-corrected chi connectivity index (χ3v) is 4.42. The van der Waals surface area contributed by atoms with Crippen molar-refractivity contribution in [1.82, 2.24) is 9.88 Å². The molecule has 1 saturated heterocycles. The van der Waals surface area contributed by atoms with E-state index in [9.17, 15) is 4.39 Å². The number of halogens is 2. The van der Waals surface area contributed by atoms with E-state index in [2.05, 4.69) is 37.2 Å². The van der Waals surface area contributed by atoms with Crippen LogP contribution >= 0.6 is 15.9 Å². The van der Waals surface area contributed by atoms with Gasteiger partial charge in [0.15, 0.2) is 0 Å². The van der Waals surface area contributed by atoms with Crippen LogP contribution in [0.1, 0.15) is 18.4 Å². The van der Waals surface area contributed by atoms with Crippen molar-refractivity contribution in [3.63, 3.8) is 0 Å². The molecule has 1 fully saturated rings. The molecule has 0 aliphatic carbocycles. The van der Waals surface area contributed by atoms with Gasteiger partial charge in [0.05, 0.1) is 11.9 Å². The Balaban J connectivity index is 1.49. The smallest absolute Gasteiger partial charge is 0.123 e. The highest BCUT2D eigenvalue weighted by atomic mass is 79.9. The lowest BCUT2D eigenvalue weighted by atomic mass is 10.0. The molecule has 1 N–H and O–H groups in total. The van der Waals surface area contributed by atoms with E-state index in [1.54, 1.807) is 6.20 Å². The molecule has 3 nitrogen and oxygen atoms in total. The lowest BCUT2D eigenvalue weighted by Crippen LogP contribution is -2.38. The van der Waals surface area contributed by atoms with Crippen LogP contribution in [0.4, 0.5) is 10.1 Å². The molecule has 2 heterocycles. The van der Waals surface area contributed by atoms with Crippen LogP contribution < -0.4 is 5.32 Å². The molecule has 0 atom stereocenters. The highest BCUT2D eigenvalue weighted by Gasteiger charge is 2.19. The van der Waals surface area contributed by atoms with Gasteiger partial charge in [-0.2, -0.15) is 0 Å². The Morgan fingerprint density at radius 1 is 1.18 bits per heavy atom. The van der Waals surface area contributed by atoms with Crippen LogP contribution in [-0.4, -0.2) is 29.0 Å². The molecule has 2 aromatic rings. The standard InChI is InChI=1S/C17H19BrFN3/c18-14-9-17(11-20-10-14)21-16-5-7-22(8-6-16)12-13-1-3-15(19)4-2-13/h1-4,9-11,16,21H,5-8,12H2. The summed E-state index contributed by atoms with van der Waals surface area (Å²) in [7, 11) is 0. The van der Waals surface area contributed by atoms with Crippen molar-refractivity contribution in [2.24, 2.45) is 0 Å². The second-order valence-electron chi connectivity index (χ2n) is 5.71. The van der Waals surface area contributed by atoms with E-state index in [0.717, 1.165) is 42.6 Å². The third-order valence-electron chi connectivity index (χ3n) is 3.98. The van der Waals surface area contributed by atoms with Crippen LogP contribution in [0, 0.1) is 5.82 Å². The summed E-state index contributed by atoms with van der Waals surface area (Å²) in [5, 5.41) is 3.54. The number of nitrogens with one attached hydrogen (secondary N) is 1. The van der Waals surface area contributed by atoms with Gasteiger partial charge in [-0.3, -0.25) is 9.88 Å². The summed E-state index contributed by atoms with van der Waals surface area (Å²) in [6.07, 6.45) is 5.85. The molecule has 0 bridgehead atoms. The van der Waals surface area contributed by atoms with Gasteiger partial charge in [-0.1, -0.05) is 12.1 Å². The predicted molar refractivity (Wildman–Crippen MR) is 90.3 cm³/mol. The second kappa shape index (κ2) is 7.20. The summed E-state index contributed by atoms with van der Waals surface area (Å²) in [4.78, 5) is 6.60. The summed E-state index contributed by atoms with van der Waals surface area (Å²) in [5.41, 5.74) is 2.23. The number of rotatable bonds is 4. The number of aromatic nitrogens is 1. The van der Waals surface area contributed by atoms with Crippen molar-refractivity contribution in [3.8, 4) is 0 Å². The molecule has 5 heteroatoms. The van der Waals surface area contributed by atoms with Crippen LogP contribution in [0.2, 0.25) is 0 Å². The summed E-state index contributed by atoms with van der Waals surface area (Å²) >= 11 is 3.44. The van der Waals surface area contributed by atoms with Crippen LogP contribution in [0.25, 0.3) is 0 Å². The lowest BCUT2D eigenvalue weighted by Gasteiger charge is -2.32. The molecular formula is C17H19BrFN3. The Bertz CT molecular complexity index is 610. The van der Waals surface area contributed by atoms with Crippen molar-refractivity contribution in [2.75, 3.05) is 18.4 Å². The van der Waals surface area contributed by atoms with Gasteiger partial charge in [0, 0.05) is 36.3 Å². The minimum Gasteiger partial charge on any atom is -0.381 e. The van der Waals surface area contributed by atoms with Crippen molar-refractivity contribution >= 4 is 21.6 Å². The van der Waals surface area contributed by atoms with E-state index < -0.39 is 0 Å². The van der Waals surface area contributed by atoms with Crippen molar-refractivity contribution in [3.05, 3.63) is 58.6 Å². The molecule has 1 aliphatic rings. The van der Waals surface area contributed by atoms with Gasteiger partial charge in [0.25, 0.3) is 0 Å². The molecule has 1 aromatic heterocycles. The van der Waals surface area contributed by atoms with Gasteiger partial charge in [-0.15, -0.1) is 0 Å². The highest BCUT2D eigenvalue weighted by molar-refractivity contribution is 9.10. The second-order valence-corrected chi connectivity index (χ2v) is 6.63. The maximum absolute atomic E-state index is 12.9. The molecule has 1 aliphatic heterocycles. The average molecular weight is 364 g/mol. The van der Waals surface area contributed by atoms with E-state index >= 15 is 0 Å². The maximum atomic E-state index is 12.9. The monoisotopic (exact) mass is 363 g/mol. The van der Waals surface area contributed by atoms with Gasteiger partial charge in [-0.05, 0) is 52.5 Å². The van der Waals surface area contributed by atoms with Crippen molar-refractivity contribution in [2.45, 2.75) is 25.4 Å². The number of nitrogens with zero attached hydrogens (tertiary/aromatic N) is 2. The maximum Gasteiger partial charge on any atom is 0.123 e. The molecule has 0 radical (unpaired) electrons. The molecule has 1 aromatic carbocycles. The first kappa shape index (κ1) is 15.4. The number of benzene rings is 1. The predicted octanol–water partition coefficient (Wildman–Crippen LogP) is 4.06. The fourth-order valence-corrected chi connectivity index (χ4v) is 3.17. The fourth-order valence-electron chi connectivity index (χ4n) is 2.81. The zero-order chi connectivity index (χ0) is 15.4.